The molecule has 1 rings (SSSR count). The summed E-state index contributed by atoms with van der Waals surface area (Å²) in [6.45, 7) is 3.45. The highest BCUT2D eigenvalue weighted by molar-refractivity contribution is 5.80. The highest BCUT2D eigenvalue weighted by Gasteiger charge is 2.44. The molecule has 11 nitrogen and oxygen atoms in total. The van der Waals surface area contributed by atoms with Crippen molar-refractivity contribution in [1.82, 2.24) is 5.32 Å². The number of nitrogens with one attached hydrogen (secondary N) is 1. The summed E-state index contributed by atoms with van der Waals surface area (Å²) >= 11 is 0. The summed E-state index contributed by atoms with van der Waals surface area (Å²) in [7, 11) is 0. The minimum Gasteiger partial charge on any atom is -0.394 e. The van der Waals surface area contributed by atoms with Crippen LogP contribution in [0.15, 0.2) is 12.2 Å². The molecule has 1 saturated heterocycles. The van der Waals surface area contributed by atoms with Crippen LogP contribution in [0, 0.1) is 0 Å². The standard InChI is InChI=1S/C51H99NO10/c1-3-5-7-9-11-13-15-17-19-21-23-25-27-29-31-33-35-37-39-44(55)50(60)52-42(41-61-51-49(59)48(58)47(57)45(40-53)62-51)46(56)43(54)38-36-34-32-30-28-26-24-22-20-18-16-14-12-10-8-6-4-2/h30,32,42-49,51,53-59H,3-29,31,33-41H2,1-2H3,(H,52,60)/b32-30+. The average molecular weight is 886 g/mol. The Labute approximate surface area is 379 Å². The van der Waals surface area contributed by atoms with Gasteiger partial charge in [-0.1, -0.05) is 212 Å². The largest absolute Gasteiger partial charge is 0.394 e. The summed E-state index contributed by atoms with van der Waals surface area (Å²) in [6.07, 6.45) is 34.0. The third kappa shape index (κ3) is 30.1. The van der Waals surface area contributed by atoms with E-state index in [2.05, 4.69) is 31.3 Å². The summed E-state index contributed by atoms with van der Waals surface area (Å²) in [5.41, 5.74) is 0. The maximum atomic E-state index is 13.1. The van der Waals surface area contributed by atoms with Crippen LogP contribution in [-0.4, -0.2) is 110 Å². The van der Waals surface area contributed by atoms with Gasteiger partial charge >= 0.3 is 0 Å². The van der Waals surface area contributed by atoms with Gasteiger partial charge in [0.05, 0.1) is 25.4 Å². The molecule has 1 fully saturated rings. The number of aliphatic hydroxyl groups is 7. The number of unbranched alkanes of at least 4 members (excludes halogenated alkanes) is 30. The average Bonchev–Trinajstić information content (AvgIpc) is 3.27. The maximum Gasteiger partial charge on any atom is 0.249 e. The van der Waals surface area contributed by atoms with E-state index in [1.54, 1.807) is 0 Å². The molecule has 0 aromatic rings. The van der Waals surface area contributed by atoms with Gasteiger partial charge in [0.25, 0.3) is 0 Å². The lowest BCUT2D eigenvalue weighted by atomic mass is 9.98. The van der Waals surface area contributed by atoms with E-state index < -0.39 is 74.2 Å². The van der Waals surface area contributed by atoms with Crippen LogP contribution in [-0.2, 0) is 14.3 Å². The molecule has 1 aliphatic rings. The number of carbonyl (C=O) groups is 1. The fraction of sp³-hybridized carbons (Fsp3) is 0.941. The minimum absolute atomic E-state index is 0.259. The SMILES string of the molecule is CCCCCCCCCCCCCC/C=C/CCCC(O)C(O)C(COC1OC(CO)C(O)C(O)C1O)NC(=O)C(O)CCCCCCCCCCCCCCCCCCCC. The third-order valence-electron chi connectivity index (χ3n) is 12.8. The van der Waals surface area contributed by atoms with Crippen molar-refractivity contribution < 1.29 is 50.0 Å². The van der Waals surface area contributed by atoms with E-state index in [0.29, 0.717) is 12.8 Å². The summed E-state index contributed by atoms with van der Waals surface area (Å²) in [5, 5.41) is 75.9. The van der Waals surface area contributed by atoms with Crippen molar-refractivity contribution in [2.45, 2.75) is 294 Å². The number of rotatable bonds is 44. The van der Waals surface area contributed by atoms with Gasteiger partial charge in [-0.25, -0.2) is 0 Å². The smallest absolute Gasteiger partial charge is 0.249 e. The first-order valence-corrected chi connectivity index (χ1v) is 26.1. The molecule has 368 valence electrons. The van der Waals surface area contributed by atoms with Gasteiger partial charge < -0.3 is 50.5 Å². The summed E-state index contributed by atoms with van der Waals surface area (Å²) in [5.74, 6) is -0.702. The molecule has 62 heavy (non-hydrogen) atoms. The van der Waals surface area contributed by atoms with Crippen molar-refractivity contribution >= 4 is 5.91 Å². The zero-order valence-electron chi connectivity index (χ0n) is 39.9. The Hall–Kier alpha value is -1.15. The molecule has 9 atom stereocenters. The normalized spacial score (nSPS) is 21.3. The van der Waals surface area contributed by atoms with E-state index in [0.717, 1.165) is 38.5 Å². The van der Waals surface area contributed by atoms with E-state index in [9.17, 15) is 40.5 Å². The van der Waals surface area contributed by atoms with Gasteiger partial charge in [0.1, 0.15) is 36.6 Å². The van der Waals surface area contributed by atoms with Gasteiger partial charge in [0.2, 0.25) is 5.91 Å². The Morgan fingerprint density at radius 2 is 0.952 bits per heavy atom. The Bertz CT molecular complexity index is 1020. The lowest BCUT2D eigenvalue weighted by molar-refractivity contribution is -0.303. The molecule has 0 aromatic heterocycles. The lowest BCUT2D eigenvalue weighted by Gasteiger charge is -2.40. The van der Waals surface area contributed by atoms with E-state index in [4.69, 9.17) is 9.47 Å². The maximum absolute atomic E-state index is 13.1. The Kier molecular flexibility index (Phi) is 39.2. The molecule has 0 aliphatic carbocycles. The van der Waals surface area contributed by atoms with Crippen molar-refractivity contribution in [3.8, 4) is 0 Å². The first kappa shape index (κ1) is 58.9. The minimum atomic E-state index is -1.66. The zero-order chi connectivity index (χ0) is 45.5. The summed E-state index contributed by atoms with van der Waals surface area (Å²) in [4.78, 5) is 13.1. The van der Waals surface area contributed by atoms with Crippen LogP contribution in [0.2, 0.25) is 0 Å². The lowest BCUT2D eigenvalue weighted by Crippen LogP contribution is -2.60. The first-order chi connectivity index (χ1) is 30.2. The Balaban J connectivity index is 2.40. The molecule has 9 unspecified atom stereocenters. The zero-order valence-corrected chi connectivity index (χ0v) is 39.9. The first-order valence-electron chi connectivity index (χ1n) is 26.1. The number of hydrogen-bond donors (Lipinski definition) is 8. The van der Waals surface area contributed by atoms with E-state index >= 15 is 0 Å². The number of hydrogen-bond acceptors (Lipinski definition) is 10. The van der Waals surface area contributed by atoms with Gasteiger partial charge in [0, 0.05) is 0 Å². The molecular formula is C51H99NO10. The highest BCUT2D eigenvalue weighted by atomic mass is 16.7. The molecule has 8 N–H and O–H groups in total. The van der Waals surface area contributed by atoms with E-state index in [-0.39, 0.29) is 12.8 Å². The van der Waals surface area contributed by atoms with Gasteiger partial charge in [-0.2, -0.15) is 0 Å². The fourth-order valence-electron chi connectivity index (χ4n) is 8.50. The van der Waals surface area contributed by atoms with Crippen LogP contribution in [0.5, 0.6) is 0 Å². The van der Waals surface area contributed by atoms with Crippen LogP contribution in [0.4, 0.5) is 0 Å². The Morgan fingerprint density at radius 3 is 1.39 bits per heavy atom. The van der Waals surface area contributed by atoms with Crippen LogP contribution in [0.25, 0.3) is 0 Å². The second-order valence-corrected chi connectivity index (χ2v) is 18.6. The van der Waals surface area contributed by atoms with Crippen LogP contribution < -0.4 is 5.32 Å². The van der Waals surface area contributed by atoms with Crippen molar-refractivity contribution in [3.05, 3.63) is 12.2 Å². The summed E-state index contributed by atoms with van der Waals surface area (Å²) < 4.78 is 11.1. The van der Waals surface area contributed by atoms with E-state index in [1.807, 2.05) is 0 Å². The van der Waals surface area contributed by atoms with Crippen molar-refractivity contribution in [1.29, 1.82) is 0 Å². The van der Waals surface area contributed by atoms with Crippen molar-refractivity contribution in [3.63, 3.8) is 0 Å². The van der Waals surface area contributed by atoms with Gasteiger partial charge in [-0.05, 0) is 38.5 Å². The molecule has 0 radical (unpaired) electrons. The third-order valence-corrected chi connectivity index (χ3v) is 12.8. The van der Waals surface area contributed by atoms with Crippen LogP contribution in [0.3, 0.4) is 0 Å². The number of allylic oxidation sites excluding steroid dienone is 2. The predicted molar refractivity (Wildman–Crippen MR) is 252 cm³/mol. The molecule has 1 amide bonds. The van der Waals surface area contributed by atoms with Gasteiger partial charge in [0.15, 0.2) is 6.29 Å². The van der Waals surface area contributed by atoms with Crippen LogP contribution in [0.1, 0.15) is 239 Å². The van der Waals surface area contributed by atoms with Crippen molar-refractivity contribution in [2.75, 3.05) is 13.2 Å². The molecule has 1 aliphatic heterocycles. The molecule has 0 saturated carbocycles. The molecule has 11 heteroatoms. The second kappa shape index (κ2) is 41.3. The number of amides is 1. The van der Waals surface area contributed by atoms with E-state index in [1.165, 1.54) is 161 Å². The molecule has 0 bridgehead atoms. The monoisotopic (exact) mass is 886 g/mol. The molecule has 0 aromatic carbocycles. The number of carbonyl (C=O) groups excluding carboxylic acids is 1. The molecule has 0 spiro atoms. The van der Waals surface area contributed by atoms with Gasteiger partial charge in [-0.3, -0.25) is 4.79 Å². The summed E-state index contributed by atoms with van der Waals surface area (Å²) in [6, 6.07) is -1.18. The number of ether oxygens (including phenoxy) is 2. The molecular weight excluding hydrogens is 787 g/mol. The Morgan fingerprint density at radius 1 is 0.548 bits per heavy atom. The second-order valence-electron chi connectivity index (χ2n) is 18.6. The van der Waals surface area contributed by atoms with Crippen molar-refractivity contribution in [2.24, 2.45) is 0 Å². The fourth-order valence-corrected chi connectivity index (χ4v) is 8.50. The highest BCUT2D eigenvalue weighted by Crippen LogP contribution is 2.23. The quantitative estimate of drug-likeness (QED) is 0.0216. The molecule has 1 heterocycles. The number of aliphatic hydroxyl groups excluding tert-OH is 7. The van der Waals surface area contributed by atoms with Crippen LogP contribution >= 0.6 is 0 Å². The topological polar surface area (TPSA) is 189 Å². The predicted octanol–water partition coefficient (Wildman–Crippen LogP) is 9.62. The van der Waals surface area contributed by atoms with Gasteiger partial charge in [-0.15, -0.1) is 0 Å².